The number of nitrogens with one attached hydrogen (secondary N) is 1. The van der Waals surface area contributed by atoms with Gasteiger partial charge in [-0.15, -0.1) is 0 Å². The molecule has 2 aromatic heterocycles. The minimum absolute atomic E-state index is 0.0185. The molecule has 1 amide bonds. The number of rotatable bonds is 4. The molecule has 10 heteroatoms. The summed E-state index contributed by atoms with van der Waals surface area (Å²) in [5.41, 5.74) is 0.397. The number of fused-ring (bicyclic) bond motifs is 5. The molecule has 5 rings (SSSR count). The standard InChI is InChI=1S/C28H29N3O7/c1-6-28(37-24(33)15(2)29-26(35)38-27(3,4)5)19-12-21-22-17(11-16-9-7-8-10-20(16)30-22)13-31(21)23(32)18(19)14-36-25(28)34/h7-12,15H,6,13-14H2,1-5H3,(H,29,35)/t15-,28+/m1/s1. The van der Waals surface area contributed by atoms with Crippen LogP contribution in [0, 0.1) is 0 Å². The fraction of sp³-hybridized carbons (Fsp3) is 0.393. The van der Waals surface area contributed by atoms with Crippen LogP contribution in [-0.2, 0) is 42.6 Å². The van der Waals surface area contributed by atoms with E-state index >= 15 is 0 Å². The number of carbonyl (C=O) groups excluding carboxylic acids is 3. The number of ether oxygens (including phenoxy) is 3. The van der Waals surface area contributed by atoms with E-state index in [0.29, 0.717) is 17.9 Å². The van der Waals surface area contributed by atoms with Gasteiger partial charge in [-0.2, -0.15) is 0 Å². The zero-order valence-corrected chi connectivity index (χ0v) is 21.9. The number of benzene rings is 1. The summed E-state index contributed by atoms with van der Waals surface area (Å²) in [5.74, 6) is -1.65. The van der Waals surface area contributed by atoms with Gasteiger partial charge in [0.2, 0.25) is 5.60 Å². The molecule has 3 aromatic rings. The van der Waals surface area contributed by atoms with Gasteiger partial charge < -0.3 is 24.1 Å². The van der Waals surface area contributed by atoms with Crippen LogP contribution in [0.5, 0.6) is 0 Å². The lowest BCUT2D eigenvalue weighted by atomic mass is 9.85. The van der Waals surface area contributed by atoms with Crippen LogP contribution in [0.4, 0.5) is 4.79 Å². The second-order valence-corrected chi connectivity index (χ2v) is 10.5. The van der Waals surface area contributed by atoms with E-state index in [4.69, 9.17) is 19.2 Å². The van der Waals surface area contributed by atoms with Crippen LogP contribution in [-0.4, -0.2) is 39.2 Å². The Bertz CT molecular complexity index is 1550. The molecule has 0 spiro atoms. The van der Waals surface area contributed by atoms with Crippen molar-refractivity contribution in [2.75, 3.05) is 0 Å². The van der Waals surface area contributed by atoms with Gasteiger partial charge in [0.15, 0.2) is 0 Å². The summed E-state index contributed by atoms with van der Waals surface area (Å²) < 4.78 is 18.0. The van der Waals surface area contributed by atoms with Gasteiger partial charge in [-0.05, 0) is 52.3 Å². The van der Waals surface area contributed by atoms with Gasteiger partial charge in [0.05, 0.1) is 29.0 Å². The predicted molar refractivity (Wildman–Crippen MR) is 137 cm³/mol. The molecule has 10 nitrogen and oxygen atoms in total. The topological polar surface area (TPSA) is 126 Å². The summed E-state index contributed by atoms with van der Waals surface area (Å²) in [6.07, 6.45) is -0.782. The minimum atomic E-state index is -1.86. The molecule has 0 saturated carbocycles. The van der Waals surface area contributed by atoms with Crippen molar-refractivity contribution in [3.05, 3.63) is 63.4 Å². The summed E-state index contributed by atoms with van der Waals surface area (Å²) in [7, 11) is 0. The number of cyclic esters (lactones) is 1. The van der Waals surface area contributed by atoms with E-state index in [0.717, 1.165) is 16.5 Å². The van der Waals surface area contributed by atoms with Crippen LogP contribution < -0.4 is 10.9 Å². The minimum Gasteiger partial charge on any atom is -0.457 e. The fourth-order valence-electron chi connectivity index (χ4n) is 4.89. The van der Waals surface area contributed by atoms with E-state index in [1.807, 2.05) is 30.3 Å². The summed E-state index contributed by atoms with van der Waals surface area (Å²) in [6, 6.07) is 10.2. The van der Waals surface area contributed by atoms with Gasteiger partial charge in [-0.25, -0.2) is 19.4 Å². The second-order valence-electron chi connectivity index (χ2n) is 10.5. The van der Waals surface area contributed by atoms with E-state index in [1.165, 1.54) is 6.92 Å². The zero-order chi connectivity index (χ0) is 27.4. The third kappa shape index (κ3) is 4.19. The second kappa shape index (κ2) is 8.97. The molecular weight excluding hydrogens is 490 g/mol. The SMILES string of the molecule is CC[C@@]1(OC(=O)[C@@H](C)NC(=O)OC(C)(C)C)C(=O)OCc2c1cc1n(c2=O)Cc2cc3ccccc3nc2-1. The Hall–Kier alpha value is -4.21. The number of hydrogen-bond donors (Lipinski definition) is 1. The first-order valence-electron chi connectivity index (χ1n) is 12.5. The van der Waals surface area contributed by atoms with Gasteiger partial charge in [0.25, 0.3) is 5.56 Å². The van der Waals surface area contributed by atoms with Crippen molar-refractivity contribution in [3.63, 3.8) is 0 Å². The molecule has 0 bridgehead atoms. The van der Waals surface area contributed by atoms with Crippen molar-refractivity contribution >= 4 is 28.9 Å². The highest BCUT2D eigenvalue weighted by Crippen LogP contribution is 2.41. The molecule has 198 valence electrons. The van der Waals surface area contributed by atoms with Gasteiger partial charge >= 0.3 is 18.0 Å². The van der Waals surface area contributed by atoms with Crippen molar-refractivity contribution in [2.24, 2.45) is 0 Å². The highest BCUT2D eigenvalue weighted by atomic mass is 16.6. The largest absolute Gasteiger partial charge is 0.457 e. The number of hydrogen-bond acceptors (Lipinski definition) is 8. The van der Waals surface area contributed by atoms with Gasteiger partial charge in [-0.1, -0.05) is 25.1 Å². The monoisotopic (exact) mass is 519 g/mol. The normalized spacial score (nSPS) is 18.6. The lowest BCUT2D eigenvalue weighted by Crippen LogP contribution is -2.51. The Morgan fingerprint density at radius 3 is 2.66 bits per heavy atom. The smallest absolute Gasteiger partial charge is 0.408 e. The van der Waals surface area contributed by atoms with Gasteiger partial charge in [-0.3, -0.25) is 4.79 Å². The Morgan fingerprint density at radius 1 is 1.21 bits per heavy atom. The molecule has 2 atom stereocenters. The average Bonchev–Trinajstić information content (AvgIpc) is 3.21. The van der Waals surface area contributed by atoms with Crippen LogP contribution in [0.2, 0.25) is 0 Å². The lowest BCUT2D eigenvalue weighted by Gasteiger charge is -2.36. The van der Waals surface area contributed by atoms with E-state index < -0.39 is 35.3 Å². The lowest BCUT2D eigenvalue weighted by molar-refractivity contribution is -0.190. The van der Waals surface area contributed by atoms with Crippen LogP contribution >= 0.6 is 0 Å². The first-order chi connectivity index (χ1) is 17.9. The highest BCUT2D eigenvalue weighted by Gasteiger charge is 2.51. The summed E-state index contributed by atoms with van der Waals surface area (Å²) in [6.45, 7) is 8.28. The third-order valence-corrected chi connectivity index (χ3v) is 6.75. The van der Waals surface area contributed by atoms with Gasteiger partial charge in [0, 0.05) is 16.5 Å². The first-order valence-corrected chi connectivity index (χ1v) is 12.5. The molecule has 4 heterocycles. The molecule has 0 unspecified atom stereocenters. The summed E-state index contributed by atoms with van der Waals surface area (Å²) in [5, 5.41) is 3.38. The average molecular weight is 520 g/mol. The summed E-state index contributed by atoms with van der Waals surface area (Å²) >= 11 is 0. The Labute approximate surface area is 218 Å². The molecular formula is C28H29N3O7. The Kier molecular flexibility index (Phi) is 6.00. The number of amides is 1. The van der Waals surface area contributed by atoms with Crippen molar-refractivity contribution < 1.29 is 28.6 Å². The molecule has 2 aliphatic heterocycles. The van der Waals surface area contributed by atoms with E-state index in [2.05, 4.69) is 5.32 Å². The third-order valence-electron chi connectivity index (χ3n) is 6.75. The highest BCUT2D eigenvalue weighted by molar-refractivity contribution is 5.90. The number of nitrogens with zero attached hydrogens (tertiary/aromatic N) is 2. The molecule has 1 aromatic carbocycles. The Balaban J connectivity index is 1.54. The number of para-hydroxylation sites is 1. The number of esters is 2. The maximum absolute atomic E-state index is 13.6. The van der Waals surface area contributed by atoms with E-state index in [1.54, 1.807) is 38.3 Å². The number of alkyl carbamates (subject to hydrolysis) is 1. The van der Waals surface area contributed by atoms with Crippen LogP contribution in [0.15, 0.2) is 41.2 Å². The van der Waals surface area contributed by atoms with Crippen LogP contribution in [0.25, 0.3) is 22.3 Å². The molecule has 0 fully saturated rings. The molecule has 0 radical (unpaired) electrons. The predicted octanol–water partition coefficient (Wildman–Crippen LogP) is 3.54. The molecule has 1 N–H and O–H groups in total. The molecule has 0 saturated heterocycles. The van der Waals surface area contributed by atoms with Crippen molar-refractivity contribution in [1.29, 1.82) is 0 Å². The van der Waals surface area contributed by atoms with Crippen LogP contribution in [0.3, 0.4) is 0 Å². The first kappa shape index (κ1) is 25.4. The maximum atomic E-state index is 13.6. The van der Waals surface area contributed by atoms with Crippen molar-refractivity contribution in [3.8, 4) is 11.4 Å². The molecule has 2 aliphatic rings. The molecule has 0 aliphatic carbocycles. The Morgan fingerprint density at radius 2 is 1.95 bits per heavy atom. The summed E-state index contributed by atoms with van der Waals surface area (Å²) in [4.78, 5) is 56.8. The number of aromatic nitrogens is 2. The molecule has 38 heavy (non-hydrogen) atoms. The number of pyridine rings is 2. The van der Waals surface area contributed by atoms with Crippen molar-refractivity contribution in [2.45, 2.75) is 71.4 Å². The van der Waals surface area contributed by atoms with Crippen molar-refractivity contribution in [1.82, 2.24) is 14.9 Å². The quantitative estimate of drug-likeness (QED) is 0.321. The fourth-order valence-corrected chi connectivity index (χ4v) is 4.89. The zero-order valence-electron chi connectivity index (χ0n) is 21.9. The van der Waals surface area contributed by atoms with E-state index in [-0.39, 0.29) is 29.7 Å². The van der Waals surface area contributed by atoms with Gasteiger partial charge in [0.1, 0.15) is 18.2 Å². The number of carbonyl (C=O) groups is 3. The maximum Gasteiger partial charge on any atom is 0.408 e. The van der Waals surface area contributed by atoms with Crippen LogP contribution in [0.1, 0.15) is 57.7 Å². The van der Waals surface area contributed by atoms with E-state index in [9.17, 15) is 19.2 Å².